The summed E-state index contributed by atoms with van der Waals surface area (Å²) >= 11 is 0. The molecule has 0 bridgehead atoms. The third-order valence-corrected chi connectivity index (χ3v) is 12.0. The number of ether oxygens (including phenoxy) is 1. The summed E-state index contributed by atoms with van der Waals surface area (Å²) in [5.41, 5.74) is 0. The third kappa shape index (κ3) is 45.7. The third-order valence-electron chi connectivity index (χ3n) is 12.0. The molecule has 1 amide bonds. The number of carbonyl (C=O) groups excluding carboxylic acids is 2. The quantitative estimate of drug-likeness (QED) is 0.0322. The number of rotatable bonds is 48. The van der Waals surface area contributed by atoms with E-state index in [-0.39, 0.29) is 18.5 Å². The van der Waals surface area contributed by atoms with E-state index >= 15 is 0 Å². The van der Waals surface area contributed by atoms with Crippen LogP contribution < -0.4 is 5.32 Å². The molecule has 2 unspecified atom stereocenters. The van der Waals surface area contributed by atoms with E-state index in [0.717, 1.165) is 77.0 Å². The van der Waals surface area contributed by atoms with Crippen molar-refractivity contribution in [2.24, 2.45) is 0 Å². The van der Waals surface area contributed by atoms with Gasteiger partial charge in [0.1, 0.15) is 0 Å². The molecule has 2 atom stereocenters. The highest BCUT2D eigenvalue weighted by Gasteiger charge is 2.20. The predicted octanol–water partition coefficient (Wildman–Crippen LogP) is 15.5. The summed E-state index contributed by atoms with van der Waals surface area (Å²) in [5.74, 6) is -0.114. The van der Waals surface area contributed by atoms with E-state index in [0.29, 0.717) is 25.9 Å². The number of carbonyl (C=O) groups is 2. The second-order valence-electron chi connectivity index (χ2n) is 17.8. The van der Waals surface area contributed by atoms with Gasteiger partial charge in [0.05, 0.1) is 25.4 Å². The van der Waals surface area contributed by atoms with Crippen LogP contribution in [0.1, 0.15) is 277 Å². The molecule has 0 radical (unpaired) electrons. The van der Waals surface area contributed by atoms with Gasteiger partial charge in [-0.05, 0) is 77.0 Å². The first kappa shape index (κ1) is 57.3. The minimum absolute atomic E-state index is 0.0436. The lowest BCUT2D eigenvalue weighted by molar-refractivity contribution is -0.143. The van der Waals surface area contributed by atoms with Crippen molar-refractivity contribution in [3.05, 3.63) is 24.3 Å². The van der Waals surface area contributed by atoms with Crippen LogP contribution in [0.15, 0.2) is 24.3 Å². The molecule has 0 rings (SSSR count). The molecule has 6 heteroatoms. The highest BCUT2D eigenvalue weighted by molar-refractivity contribution is 5.76. The fraction of sp³-hybridized carbons (Fsp3) is 0.887. The van der Waals surface area contributed by atoms with Crippen molar-refractivity contribution in [3.8, 4) is 0 Å². The smallest absolute Gasteiger partial charge is 0.305 e. The van der Waals surface area contributed by atoms with Gasteiger partial charge in [-0.2, -0.15) is 0 Å². The number of hydrogen-bond donors (Lipinski definition) is 3. The van der Waals surface area contributed by atoms with E-state index in [1.165, 1.54) is 167 Å². The average Bonchev–Trinajstić information content (AvgIpc) is 3.24. The van der Waals surface area contributed by atoms with Crippen molar-refractivity contribution >= 4 is 11.9 Å². The second-order valence-corrected chi connectivity index (χ2v) is 17.8. The summed E-state index contributed by atoms with van der Waals surface area (Å²) in [5, 5.41) is 23.2. The van der Waals surface area contributed by atoms with Crippen LogP contribution in [0.4, 0.5) is 0 Å². The maximum absolute atomic E-state index is 12.4. The second kappa shape index (κ2) is 49.0. The molecule has 3 N–H and O–H groups in total. The minimum Gasteiger partial charge on any atom is -0.466 e. The molecular formula is C53H101NO5. The monoisotopic (exact) mass is 832 g/mol. The van der Waals surface area contributed by atoms with Crippen molar-refractivity contribution in [2.45, 2.75) is 289 Å². The first-order chi connectivity index (χ1) is 29.0. The van der Waals surface area contributed by atoms with Gasteiger partial charge in [0.2, 0.25) is 5.91 Å². The van der Waals surface area contributed by atoms with E-state index in [4.69, 9.17) is 4.74 Å². The first-order valence-electron chi connectivity index (χ1n) is 26.1. The number of amides is 1. The molecule has 6 nitrogen and oxygen atoms in total. The Kier molecular flexibility index (Phi) is 47.6. The van der Waals surface area contributed by atoms with E-state index in [9.17, 15) is 19.8 Å². The Morgan fingerprint density at radius 3 is 1.20 bits per heavy atom. The van der Waals surface area contributed by atoms with Crippen LogP contribution in [0.25, 0.3) is 0 Å². The zero-order chi connectivity index (χ0) is 43.0. The van der Waals surface area contributed by atoms with Gasteiger partial charge in [-0.25, -0.2) is 0 Å². The number of aliphatic hydroxyl groups is 2. The highest BCUT2D eigenvalue weighted by Crippen LogP contribution is 2.16. The van der Waals surface area contributed by atoms with Crippen LogP contribution in [0.2, 0.25) is 0 Å². The Morgan fingerprint density at radius 1 is 0.458 bits per heavy atom. The van der Waals surface area contributed by atoms with Gasteiger partial charge >= 0.3 is 5.97 Å². The van der Waals surface area contributed by atoms with Crippen LogP contribution >= 0.6 is 0 Å². The van der Waals surface area contributed by atoms with E-state index in [1.807, 2.05) is 0 Å². The largest absolute Gasteiger partial charge is 0.466 e. The molecule has 0 saturated heterocycles. The van der Waals surface area contributed by atoms with Crippen molar-refractivity contribution in [2.75, 3.05) is 13.2 Å². The Morgan fingerprint density at radius 2 is 0.797 bits per heavy atom. The first-order valence-corrected chi connectivity index (χ1v) is 26.1. The summed E-state index contributed by atoms with van der Waals surface area (Å²) in [4.78, 5) is 24.5. The summed E-state index contributed by atoms with van der Waals surface area (Å²) < 4.78 is 5.43. The maximum Gasteiger partial charge on any atom is 0.305 e. The molecular weight excluding hydrogens is 731 g/mol. The molecule has 0 aliphatic rings. The minimum atomic E-state index is -0.686. The topological polar surface area (TPSA) is 95.9 Å². The van der Waals surface area contributed by atoms with Crippen molar-refractivity contribution in [3.63, 3.8) is 0 Å². The van der Waals surface area contributed by atoms with E-state index < -0.39 is 12.1 Å². The molecule has 0 heterocycles. The summed E-state index contributed by atoms with van der Waals surface area (Å²) in [7, 11) is 0. The van der Waals surface area contributed by atoms with Crippen LogP contribution in [0, 0.1) is 0 Å². The van der Waals surface area contributed by atoms with Gasteiger partial charge in [0.25, 0.3) is 0 Å². The average molecular weight is 832 g/mol. The maximum atomic E-state index is 12.4. The van der Waals surface area contributed by atoms with Gasteiger partial charge in [-0.1, -0.05) is 212 Å². The van der Waals surface area contributed by atoms with Crippen molar-refractivity contribution in [1.82, 2.24) is 5.32 Å². The normalized spacial score (nSPS) is 12.8. The number of aliphatic hydroxyl groups excluding tert-OH is 2. The standard InChI is InChI=1S/C53H101NO5/c1-3-5-7-9-11-13-15-17-19-21-23-25-29-33-37-41-45-51(56)50(49-55)54-52(57)46-42-38-34-30-27-28-32-36-40-44-48-59-53(58)47-43-39-35-31-26-24-22-20-18-16-14-12-10-8-6-4-2/h20,22,28,32,50-51,55-56H,3-19,21,23-27,29-31,33-49H2,1-2H3,(H,54,57)/b22-20-,32-28-. The molecule has 0 saturated carbocycles. The van der Waals surface area contributed by atoms with Crippen molar-refractivity contribution < 1.29 is 24.5 Å². The Balaban J connectivity index is 3.53. The lowest BCUT2D eigenvalue weighted by Crippen LogP contribution is -2.45. The Hall–Kier alpha value is -1.66. The van der Waals surface area contributed by atoms with Crippen LogP contribution in [-0.2, 0) is 14.3 Å². The fourth-order valence-corrected chi connectivity index (χ4v) is 7.92. The number of nitrogens with one attached hydrogen (secondary N) is 1. The molecule has 0 aromatic carbocycles. The molecule has 348 valence electrons. The lowest BCUT2D eigenvalue weighted by Gasteiger charge is -2.22. The van der Waals surface area contributed by atoms with Crippen molar-refractivity contribution in [1.29, 1.82) is 0 Å². The zero-order valence-corrected chi connectivity index (χ0v) is 39.5. The van der Waals surface area contributed by atoms with Gasteiger partial charge in [0, 0.05) is 12.8 Å². The summed E-state index contributed by atoms with van der Waals surface area (Å²) in [6.07, 6.45) is 57.2. The Labute approximate surface area is 367 Å². The van der Waals surface area contributed by atoms with Gasteiger partial charge in [0.15, 0.2) is 0 Å². The van der Waals surface area contributed by atoms with Crippen LogP contribution in [-0.4, -0.2) is 47.4 Å². The number of unbranched alkanes of at least 4 members (excludes halogenated alkanes) is 33. The highest BCUT2D eigenvalue weighted by atomic mass is 16.5. The molecule has 0 aromatic heterocycles. The summed E-state index contributed by atoms with van der Waals surface area (Å²) in [6, 6.07) is -0.567. The van der Waals surface area contributed by atoms with Gasteiger partial charge in [-0.3, -0.25) is 9.59 Å². The molecule has 0 spiro atoms. The SMILES string of the molecule is CCCCCCCCC/C=C\CCCCCCCC(=O)OCCCC/C=C\CCCCCCC(=O)NC(CO)C(O)CCCCCCCCCCCCCCCCCC. The van der Waals surface area contributed by atoms with E-state index in [1.54, 1.807) is 0 Å². The molecule has 0 fully saturated rings. The predicted molar refractivity (Wildman–Crippen MR) is 255 cm³/mol. The van der Waals surface area contributed by atoms with Gasteiger partial charge < -0.3 is 20.3 Å². The number of hydrogen-bond acceptors (Lipinski definition) is 5. The zero-order valence-electron chi connectivity index (χ0n) is 39.5. The molecule has 0 aliphatic carbocycles. The molecule has 59 heavy (non-hydrogen) atoms. The number of allylic oxidation sites excluding steroid dienone is 4. The Bertz CT molecular complexity index is 920. The fourth-order valence-electron chi connectivity index (χ4n) is 7.92. The molecule has 0 aromatic rings. The molecule has 0 aliphatic heterocycles. The lowest BCUT2D eigenvalue weighted by atomic mass is 10.0. The summed E-state index contributed by atoms with van der Waals surface area (Å²) in [6.45, 7) is 4.86. The number of esters is 1. The van der Waals surface area contributed by atoms with Crippen LogP contribution in [0.3, 0.4) is 0 Å². The van der Waals surface area contributed by atoms with Crippen LogP contribution in [0.5, 0.6) is 0 Å². The van der Waals surface area contributed by atoms with E-state index in [2.05, 4.69) is 43.5 Å². The van der Waals surface area contributed by atoms with Gasteiger partial charge in [-0.15, -0.1) is 0 Å².